The molecule has 3 heterocycles. The van der Waals surface area contributed by atoms with Crippen LogP contribution in [0.25, 0.3) is 11.1 Å². The Bertz CT molecular complexity index is 1420. The predicted molar refractivity (Wildman–Crippen MR) is 131 cm³/mol. The van der Waals surface area contributed by atoms with Crippen molar-refractivity contribution in [1.29, 1.82) is 0 Å². The lowest BCUT2D eigenvalue weighted by atomic mass is 9.98. The summed E-state index contributed by atoms with van der Waals surface area (Å²) < 4.78 is 30.8. The van der Waals surface area contributed by atoms with Gasteiger partial charge in [0, 0.05) is 18.9 Å². The van der Waals surface area contributed by atoms with E-state index in [1.54, 1.807) is 25.3 Å². The highest BCUT2D eigenvalue weighted by Gasteiger charge is 2.23. The summed E-state index contributed by atoms with van der Waals surface area (Å²) in [6.07, 6.45) is 1.64. The molecule has 1 N–H and O–H groups in total. The summed E-state index contributed by atoms with van der Waals surface area (Å²) in [4.78, 5) is 21.7. The van der Waals surface area contributed by atoms with E-state index in [0.29, 0.717) is 47.4 Å². The predicted octanol–water partition coefficient (Wildman–Crippen LogP) is 5.96. The fraction of sp³-hybridized carbons (Fsp3) is 0.148. The number of anilines is 1. The van der Waals surface area contributed by atoms with Gasteiger partial charge in [0.25, 0.3) is 5.91 Å². The average Bonchev–Trinajstić information content (AvgIpc) is 2.86. The number of carbonyl (C=O) groups excluding carboxylic acids is 1. The number of fused-ring (bicyclic) bond motifs is 1. The smallest absolute Gasteiger partial charge is 0.261 e. The summed E-state index contributed by atoms with van der Waals surface area (Å²) in [5.41, 5.74) is 3.44. The van der Waals surface area contributed by atoms with E-state index in [0.717, 1.165) is 11.1 Å². The molecular weight excluding hydrogens is 449 g/mol. The molecule has 0 fully saturated rings. The van der Waals surface area contributed by atoms with Crippen LogP contribution in [0.4, 0.5) is 10.1 Å². The maximum atomic E-state index is 13.5. The molecule has 7 nitrogen and oxygen atoms in total. The summed E-state index contributed by atoms with van der Waals surface area (Å²) >= 11 is 0. The van der Waals surface area contributed by atoms with E-state index in [2.05, 4.69) is 15.3 Å². The van der Waals surface area contributed by atoms with Gasteiger partial charge in [-0.15, -0.1) is 0 Å². The van der Waals surface area contributed by atoms with Gasteiger partial charge in [-0.1, -0.05) is 24.3 Å². The Hall–Kier alpha value is -4.46. The third-order valence-electron chi connectivity index (χ3n) is 5.63. The fourth-order valence-electron chi connectivity index (χ4n) is 3.87. The Labute approximate surface area is 203 Å². The van der Waals surface area contributed by atoms with Gasteiger partial charge < -0.3 is 19.5 Å². The maximum Gasteiger partial charge on any atom is 0.261 e. The van der Waals surface area contributed by atoms with Gasteiger partial charge in [0.2, 0.25) is 11.8 Å². The number of benzene rings is 2. The number of carbonyl (C=O) groups is 1. The lowest BCUT2D eigenvalue weighted by Gasteiger charge is -2.20. The fourth-order valence-corrected chi connectivity index (χ4v) is 3.87. The molecule has 0 aliphatic carbocycles. The first-order valence-corrected chi connectivity index (χ1v) is 11.1. The van der Waals surface area contributed by atoms with Gasteiger partial charge in [-0.3, -0.25) is 4.79 Å². The second kappa shape index (κ2) is 9.42. The van der Waals surface area contributed by atoms with Crippen molar-refractivity contribution < 1.29 is 24.8 Å². The van der Waals surface area contributed by atoms with Crippen LogP contribution >= 0.6 is 0 Å². The molecule has 1 aliphatic rings. The van der Waals surface area contributed by atoms with Crippen LogP contribution in [-0.4, -0.2) is 29.1 Å². The number of para-hydroxylation sites is 1. The second-order valence-electron chi connectivity index (χ2n) is 7.98. The Balaban J connectivity index is 0.00000304. The summed E-state index contributed by atoms with van der Waals surface area (Å²) in [7, 11) is 0. The quantitative estimate of drug-likeness (QED) is 0.360. The Morgan fingerprint density at radius 1 is 1.03 bits per heavy atom. The SMILES string of the molecule is Cc1nc(F)ccc1Oc1ncc(-c2ccc3c(c2)OCCO3)c(C)c1C(=O)Nc1ccccc1.[HH]. The van der Waals surface area contributed by atoms with Crippen molar-refractivity contribution in [3.8, 4) is 34.3 Å². The summed E-state index contributed by atoms with van der Waals surface area (Å²) in [5.74, 6) is 0.704. The number of rotatable bonds is 5. The monoisotopic (exact) mass is 473 g/mol. The standard InChI is InChI=1S/C27H22FN3O4.H2/c1-16-20(18-8-9-22-23(14-18)34-13-12-33-22)15-29-27(35-21-10-11-24(28)30-17(21)2)25(16)26(32)31-19-6-4-3-5-7-19;/h3-11,14-15H,12-13H2,1-2H3,(H,31,32);1H. The Morgan fingerprint density at radius 3 is 2.57 bits per heavy atom. The van der Waals surface area contributed by atoms with Gasteiger partial charge >= 0.3 is 0 Å². The number of hydrogen-bond donors (Lipinski definition) is 1. The first-order valence-electron chi connectivity index (χ1n) is 11.1. The molecule has 0 radical (unpaired) electrons. The molecule has 1 amide bonds. The lowest BCUT2D eigenvalue weighted by molar-refractivity contribution is 0.102. The van der Waals surface area contributed by atoms with E-state index in [1.165, 1.54) is 12.1 Å². The van der Waals surface area contributed by atoms with Crippen LogP contribution in [0.15, 0.2) is 66.9 Å². The molecule has 2 aromatic carbocycles. The van der Waals surface area contributed by atoms with Crippen molar-refractivity contribution in [3.05, 3.63) is 89.6 Å². The van der Waals surface area contributed by atoms with Crippen molar-refractivity contribution in [3.63, 3.8) is 0 Å². The zero-order valence-electron chi connectivity index (χ0n) is 19.2. The number of aryl methyl sites for hydroxylation is 1. The van der Waals surface area contributed by atoms with E-state index in [4.69, 9.17) is 14.2 Å². The molecule has 4 aromatic rings. The third-order valence-corrected chi connectivity index (χ3v) is 5.63. The second-order valence-corrected chi connectivity index (χ2v) is 7.98. The van der Waals surface area contributed by atoms with Crippen molar-refractivity contribution in [2.75, 3.05) is 18.5 Å². The number of nitrogens with one attached hydrogen (secondary N) is 1. The van der Waals surface area contributed by atoms with Crippen LogP contribution in [-0.2, 0) is 0 Å². The number of aromatic nitrogens is 2. The first kappa shape index (κ1) is 22.3. The van der Waals surface area contributed by atoms with Gasteiger partial charge in [0.05, 0.1) is 5.69 Å². The number of amides is 1. The minimum atomic E-state index is -0.616. The van der Waals surface area contributed by atoms with Crippen LogP contribution < -0.4 is 19.5 Å². The molecule has 0 atom stereocenters. The topological polar surface area (TPSA) is 82.6 Å². The van der Waals surface area contributed by atoms with Crippen molar-refractivity contribution in [2.45, 2.75) is 13.8 Å². The van der Waals surface area contributed by atoms with E-state index in [-0.39, 0.29) is 18.8 Å². The van der Waals surface area contributed by atoms with Gasteiger partial charge in [-0.05, 0) is 61.4 Å². The van der Waals surface area contributed by atoms with E-state index in [9.17, 15) is 9.18 Å². The molecule has 35 heavy (non-hydrogen) atoms. The highest BCUT2D eigenvalue weighted by atomic mass is 19.1. The number of nitrogens with zero attached hydrogens (tertiary/aromatic N) is 2. The molecule has 0 spiro atoms. The van der Waals surface area contributed by atoms with Crippen molar-refractivity contribution in [1.82, 2.24) is 9.97 Å². The van der Waals surface area contributed by atoms with E-state index >= 15 is 0 Å². The number of hydrogen-bond acceptors (Lipinski definition) is 6. The molecule has 0 unspecified atom stereocenters. The highest BCUT2D eigenvalue weighted by Crippen LogP contribution is 2.38. The number of pyridine rings is 2. The molecule has 8 heteroatoms. The lowest BCUT2D eigenvalue weighted by Crippen LogP contribution is -2.16. The Kier molecular flexibility index (Phi) is 6.01. The van der Waals surface area contributed by atoms with Gasteiger partial charge in [-0.25, -0.2) is 9.97 Å². The van der Waals surface area contributed by atoms with Gasteiger partial charge in [0.1, 0.15) is 18.8 Å². The minimum Gasteiger partial charge on any atom is -0.486 e. The molecule has 0 bridgehead atoms. The Morgan fingerprint density at radius 2 is 1.80 bits per heavy atom. The normalized spacial score (nSPS) is 12.2. The highest BCUT2D eigenvalue weighted by molar-refractivity contribution is 6.08. The van der Waals surface area contributed by atoms with Crippen molar-refractivity contribution in [2.24, 2.45) is 0 Å². The van der Waals surface area contributed by atoms with Crippen molar-refractivity contribution >= 4 is 11.6 Å². The van der Waals surface area contributed by atoms with E-state index < -0.39 is 5.95 Å². The van der Waals surface area contributed by atoms with Crippen LogP contribution in [0.5, 0.6) is 23.1 Å². The summed E-state index contributed by atoms with van der Waals surface area (Å²) in [6, 6.07) is 17.4. The molecule has 1 aliphatic heterocycles. The molecule has 178 valence electrons. The number of halogens is 1. The first-order chi connectivity index (χ1) is 17.0. The van der Waals surface area contributed by atoms with Gasteiger partial charge in [0.15, 0.2) is 17.2 Å². The molecule has 2 aromatic heterocycles. The zero-order chi connectivity index (χ0) is 24.4. The van der Waals surface area contributed by atoms with Gasteiger partial charge in [-0.2, -0.15) is 4.39 Å². The number of ether oxygens (including phenoxy) is 3. The third kappa shape index (κ3) is 4.63. The molecule has 0 saturated heterocycles. The van der Waals surface area contributed by atoms with Crippen LogP contribution in [0.1, 0.15) is 23.0 Å². The average molecular weight is 474 g/mol. The molecule has 5 rings (SSSR count). The maximum absolute atomic E-state index is 13.5. The van der Waals surface area contributed by atoms with E-state index in [1.807, 2.05) is 43.3 Å². The van der Waals surface area contributed by atoms with Crippen LogP contribution in [0, 0.1) is 19.8 Å². The molecule has 0 saturated carbocycles. The minimum absolute atomic E-state index is 0. The largest absolute Gasteiger partial charge is 0.486 e. The molecular formula is C27H24FN3O4. The zero-order valence-corrected chi connectivity index (χ0v) is 19.2. The van der Waals surface area contributed by atoms with Crippen LogP contribution in [0.2, 0.25) is 0 Å². The summed E-state index contributed by atoms with van der Waals surface area (Å²) in [6.45, 7) is 4.42. The van der Waals surface area contributed by atoms with Crippen LogP contribution in [0.3, 0.4) is 0 Å². The summed E-state index contributed by atoms with van der Waals surface area (Å²) in [5, 5.41) is 2.90.